The smallest absolute Gasteiger partial charge is 0.348 e. The summed E-state index contributed by atoms with van der Waals surface area (Å²) in [5, 5.41) is 13.6. The first-order chi connectivity index (χ1) is 12.3. The van der Waals surface area contributed by atoms with Gasteiger partial charge in [0.05, 0.1) is 4.92 Å². The Labute approximate surface area is 159 Å². The minimum Gasteiger partial charge on any atom is -0.451 e. The molecule has 26 heavy (non-hydrogen) atoms. The van der Waals surface area contributed by atoms with Gasteiger partial charge in [0.1, 0.15) is 10.6 Å². The maximum atomic E-state index is 12.1. The number of rotatable bonds is 7. The highest BCUT2D eigenvalue weighted by atomic mass is 35.5. The van der Waals surface area contributed by atoms with Crippen molar-refractivity contribution in [2.24, 2.45) is 0 Å². The second kappa shape index (κ2) is 8.77. The van der Waals surface area contributed by atoms with Crippen molar-refractivity contribution in [2.45, 2.75) is 26.7 Å². The molecule has 1 heterocycles. The van der Waals surface area contributed by atoms with E-state index in [1.54, 1.807) is 6.07 Å². The third-order valence-electron chi connectivity index (χ3n) is 3.50. The summed E-state index contributed by atoms with van der Waals surface area (Å²) >= 11 is 7.11. The standard InChI is InChI=1S/C17H17ClN2O5S/c1-3-4-11-7-15(26-10(11)2)17(22)25-9-16(21)19-13-8-12(18)5-6-14(13)20(23)24/h5-8H,3-4,9H2,1-2H3,(H,19,21). The van der Waals surface area contributed by atoms with Gasteiger partial charge in [-0.25, -0.2) is 4.79 Å². The first-order valence-corrected chi connectivity index (χ1v) is 9.01. The first kappa shape index (κ1) is 19.9. The molecule has 0 unspecified atom stereocenters. The minimum atomic E-state index is -0.689. The molecule has 1 N–H and O–H groups in total. The molecule has 0 saturated carbocycles. The van der Waals surface area contributed by atoms with Crippen LogP contribution < -0.4 is 5.32 Å². The molecular formula is C17H17ClN2O5S. The maximum absolute atomic E-state index is 12.1. The van der Waals surface area contributed by atoms with Gasteiger partial charge in [0.15, 0.2) is 6.61 Å². The number of aryl methyl sites for hydroxylation is 2. The molecule has 9 heteroatoms. The maximum Gasteiger partial charge on any atom is 0.348 e. The summed E-state index contributed by atoms with van der Waals surface area (Å²) in [7, 11) is 0. The number of benzene rings is 1. The molecule has 2 aromatic rings. The van der Waals surface area contributed by atoms with Crippen molar-refractivity contribution in [1.29, 1.82) is 0 Å². The van der Waals surface area contributed by atoms with Crippen LogP contribution in [0, 0.1) is 17.0 Å². The summed E-state index contributed by atoms with van der Waals surface area (Å²) in [6.45, 7) is 3.43. The fraction of sp³-hybridized carbons (Fsp3) is 0.294. The number of amides is 1. The number of carbonyl (C=O) groups excluding carboxylic acids is 2. The SMILES string of the molecule is CCCc1cc(C(=O)OCC(=O)Nc2cc(Cl)ccc2[N+](=O)[O-])sc1C. The van der Waals surface area contributed by atoms with Crippen LogP contribution >= 0.6 is 22.9 Å². The molecule has 0 spiro atoms. The lowest BCUT2D eigenvalue weighted by atomic mass is 10.1. The number of nitrogens with zero attached hydrogens (tertiary/aromatic N) is 1. The molecule has 1 aromatic heterocycles. The number of nitrogens with one attached hydrogen (secondary N) is 1. The van der Waals surface area contributed by atoms with Crippen molar-refractivity contribution >= 4 is 46.2 Å². The van der Waals surface area contributed by atoms with E-state index in [0.29, 0.717) is 4.88 Å². The van der Waals surface area contributed by atoms with E-state index in [4.69, 9.17) is 16.3 Å². The number of anilines is 1. The van der Waals surface area contributed by atoms with Crippen LogP contribution in [0.25, 0.3) is 0 Å². The van der Waals surface area contributed by atoms with Gasteiger partial charge in [-0.2, -0.15) is 0 Å². The van der Waals surface area contributed by atoms with Crippen LogP contribution in [-0.2, 0) is 16.0 Å². The number of halogens is 1. The van der Waals surface area contributed by atoms with Gasteiger partial charge in [0.2, 0.25) is 0 Å². The molecule has 0 saturated heterocycles. The molecule has 2 rings (SSSR count). The number of esters is 1. The Morgan fingerprint density at radius 2 is 2.08 bits per heavy atom. The molecule has 0 radical (unpaired) electrons. The predicted molar refractivity (Wildman–Crippen MR) is 100 cm³/mol. The number of carbonyl (C=O) groups is 2. The Hall–Kier alpha value is -2.45. The highest BCUT2D eigenvalue weighted by molar-refractivity contribution is 7.14. The third-order valence-corrected chi connectivity index (χ3v) is 4.81. The second-order valence-corrected chi connectivity index (χ2v) is 7.18. The second-order valence-electron chi connectivity index (χ2n) is 5.48. The molecule has 1 amide bonds. The summed E-state index contributed by atoms with van der Waals surface area (Å²) in [6.07, 6.45) is 1.83. The van der Waals surface area contributed by atoms with E-state index < -0.39 is 23.4 Å². The molecule has 0 atom stereocenters. The summed E-state index contributed by atoms with van der Waals surface area (Å²) < 4.78 is 5.00. The monoisotopic (exact) mass is 396 g/mol. The van der Waals surface area contributed by atoms with E-state index in [1.807, 2.05) is 6.92 Å². The van der Waals surface area contributed by atoms with Gasteiger partial charge in [-0.05, 0) is 37.1 Å². The van der Waals surface area contributed by atoms with Crippen molar-refractivity contribution in [1.82, 2.24) is 0 Å². The van der Waals surface area contributed by atoms with Crippen molar-refractivity contribution in [3.05, 3.63) is 54.7 Å². The summed E-state index contributed by atoms with van der Waals surface area (Å²) in [5.74, 6) is -1.29. The van der Waals surface area contributed by atoms with Crippen molar-refractivity contribution in [3.8, 4) is 0 Å². The van der Waals surface area contributed by atoms with E-state index in [1.165, 1.54) is 29.5 Å². The average Bonchev–Trinajstić information content (AvgIpc) is 2.94. The van der Waals surface area contributed by atoms with E-state index in [9.17, 15) is 19.7 Å². The highest BCUT2D eigenvalue weighted by Crippen LogP contribution is 2.27. The van der Waals surface area contributed by atoms with E-state index in [2.05, 4.69) is 12.2 Å². The Morgan fingerprint density at radius 3 is 2.73 bits per heavy atom. The van der Waals surface area contributed by atoms with Crippen molar-refractivity contribution in [2.75, 3.05) is 11.9 Å². The zero-order valence-electron chi connectivity index (χ0n) is 14.2. The van der Waals surface area contributed by atoms with Crippen molar-refractivity contribution < 1.29 is 19.2 Å². The van der Waals surface area contributed by atoms with Crippen LogP contribution in [0.1, 0.15) is 33.5 Å². The molecule has 1 aromatic carbocycles. The number of thiophene rings is 1. The van der Waals surface area contributed by atoms with Crippen LogP contribution in [0.2, 0.25) is 5.02 Å². The van der Waals surface area contributed by atoms with E-state index >= 15 is 0 Å². The quantitative estimate of drug-likeness (QED) is 0.425. The summed E-state index contributed by atoms with van der Waals surface area (Å²) in [4.78, 5) is 35.8. The van der Waals surface area contributed by atoms with Gasteiger partial charge >= 0.3 is 5.97 Å². The first-order valence-electron chi connectivity index (χ1n) is 7.82. The van der Waals surface area contributed by atoms with Gasteiger partial charge in [0.25, 0.3) is 11.6 Å². The molecule has 0 fully saturated rings. The normalized spacial score (nSPS) is 10.4. The minimum absolute atomic E-state index is 0.0549. The zero-order valence-corrected chi connectivity index (χ0v) is 15.8. The fourth-order valence-corrected chi connectivity index (χ4v) is 3.43. The van der Waals surface area contributed by atoms with Gasteiger partial charge < -0.3 is 10.1 Å². The third kappa shape index (κ3) is 5.03. The highest BCUT2D eigenvalue weighted by Gasteiger charge is 2.18. The number of nitro benzene ring substituents is 1. The lowest BCUT2D eigenvalue weighted by Crippen LogP contribution is -2.21. The number of ether oxygens (including phenoxy) is 1. The molecule has 7 nitrogen and oxygen atoms in total. The van der Waals surface area contributed by atoms with Gasteiger partial charge in [-0.3, -0.25) is 14.9 Å². The Kier molecular flexibility index (Phi) is 6.70. The molecule has 0 aliphatic rings. The van der Waals surface area contributed by atoms with Gasteiger partial charge in [-0.15, -0.1) is 11.3 Å². The number of hydrogen-bond acceptors (Lipinski definition) is 6. The zero-order chi connectivity index (χ0) is 19.3. The van der Waals surface area contributed by atoms with Crippen molar-refractivity contribution in [3.63, 3.8) is 0 Å². The van der Waals surface area contributed by atoms with E-state index in [-0.39, 0.29) is 16.4 Å². The Morgan fingerprint density at radius 1 is 1.35 bits per heavy atom. The molecule has 0 bridgehead atoms. The van der Waals surface area contributed by atoms with Crippen LogP contribution in [0.15, 0.2) is 24.3 Å². The Bertz CT molecular complexity index is 850. The topological polar surface area (TPSA) is 98.5 Å². The summed E-state index contributed by atoms with van der Waals surface area (Å²) in [6, 6.07) is 5.57. The Balaban J connectivity index is 1.99. The van der Waals surface area contributed by atoms with Crippen LogP contribution in [0.3, 0.4) is 0 Å². The largest absolute Gasteiger partial charge is 0.451 e. The summed E-state index contributed by atoms with van der Waals surface area (Å²) in [5.41, 5.74) is 0.733. The molecule has 0 aliphatic heterocycles. The lowest BCUT2D eigenvalue weighted by molar-refractivity contribution is -0.383. The average molecular weight is 397 g/mol. The molecule has 138 valence electrons. The molecule has 0 aliphatic carbocycles. The predicted octanol–water partition coefficient (Wildman–Crippen LogP) is 4.37. The van der Waals surface area contributed by atoms with Crippen LogP contribution in [-0.4, -0.2) is 23.4 Å². The van der Waals surface area contributed by atoms with Crippen LogP contribution in [0.4, 0.5) is 11.4 Å². The van der Waals surface area contributed by atoms with E-state index in [0.717, 1.165) is 23.3 Å². The number of nitro groups is 1. The molecular weight excluding hydrogens is 380 g/mol. The fourth-order valence-electron chi connectivity index (χ4n) is 2.29. The number of hydrogen-bond donors (Lipinski definition) is 1. The van der Waals surface area contributed by atoms with Gasteiger partial charge in [0, 0.05) is 16.0 Å². The van der Waals surface area contributed by atoms with Gasteiger partial charge in [-0.1, -0.05) is 24.9 Å². The lowest BCUT2D eigenvalue weighted by Gasteiger charge is -2.07. The van der Waals surface area contributed by atoms with Crippen LogP contribution in [0.5, 0.6) is 0 Å².